The van der Waals surface area contributed by atoms with Crippen LogP contribution in [0.25, 0.3) is 0 Å². The molecule has 0 aromatic carbocycles. The average molecular weight is 325 g/mol. The molecule has 1 N–H and O–H groups in total. The molecule has 0 radical (unpaired) electrons. The summed E-state index contributed by atoms with van der Waals surface area (Å²) in [6.07, 6.45) is 6.71. The highest BCUT2D eigenvalue weighted by Crippen LogP contribution is 2.25. The Bertz CT molecular complexity index is 597. The molecule has 1 saturated carbocycles. The smallest absolute Gasteiger partial charge is 0.244 e. The Morgan fingerprint density at radius 2 is 2.05 bits per heavy atom. The van der Waals surface area contributed by atoms with Gasteiger partial charge in [0.25, 0.3) is 0 Å². The molecule has 1 aromatic heterocycles. The Balaban J connectivity index is 1.65. The van der Waals surface area contributed by atoms with Crippen molar-refractivity contribution in [2.45, 2.75) is 49.1 Å². The fourth-order valence-corrected chi connectivity index (χ4v) is 4.65. The molecule has 0 bridgehead atoms. The van der Waals surface area contributed by atoms with Crippen molar-refractivity contribution < 1.29 is 13.2 Å². The Hall–Kier alpha value is -1.18. The lowest BCUT2D eigenvalue weighted by Crippen LogP contribution is -2.28. The van der Waals surface area contributed by atoms with E-state index in [1.807, 2.05) is 0 Å². The average Bonchev–Trinajstić information content (AvgIpc) is 3.19. The normalized spacial score (nSPS) is 26.4. The van der Waals surface area contributed by atoms with Crippen molar-refractivity contribution in [3.63, 3.8) is 0 Å². The minimum Gasteiger partial charge on any atom is -0.381 e. The van der Waals surface area contributed by atoms with Gasteiger partial charge in [0.15, 0.2) is 0 Å². The van der Waals surface area contributed by atoms with Gasteiger partial charge in [-0.1, -0.05) is 0 Å². The van der Waals surface area contributed by atoms with Crippen LogP contribution < -0.4 is 5.32 Å². The molecule has 2 unspecified atom stereocenters. The maximum Gasteiger partial charge on any atom is 0.244 e. The van der Waals surface area contributed by atoms with Crippen LogP contribution in [-0.4, -0.2) is 50.1 Å². The molecule has 0 spiro atoms. The number of rotatable bonds is 5. The Morgan fingerprint density at radius 3 is 2.64 bits per heavy atom. The molecule has 1 aliphatic carbocycles. The number of nitrogens with one attached hydrogen (secondary N) is 1. The number of anilines is 1. The predicted octanol–water partition coefficient (Wildman–Crippen LogP) is 1.85. The number of aromatic nitrogens is 1. The number of pyridine rings is 1. The SMILES string of the molecule is COC1CCC(Nc2ccc(S(=O)(=O)N3CCCC3)cn2)C1. The fraction of sp³-hybridized carbons (Fsp3) is 0.667. The molecule has 6 nitrogen and oxygen atoms in total. The third-order valence-electron chi connectivity index (χ3n) is 4.51. The Morgan fingerprint density at radius 1 is 1.27 bits per heavy atom. The summed E-state index contributed by atoms with van der Waals surface area (Å²) in [7, 11) is -1.63. The van der Waals surface area contributed by atoms with E-state index in [2.05, 4.69) is 10.3 Å². The number of hydrogen-bond donors (Lipinski definition) is 1. The van der Waals surface area contributed by atoms with E-state index in [1.54, 1.807) is 19.2 Å². The van der Waals surface area contributed by atoms with Gasteiger partial charge in [-0.3, -0.25) is 0 Å². The van der Waals surface area contributed by atoms with Gasteiger partial charge in [-0.25, -0.2) is 13.4 Å². The van der Waals surface area contributed by atoms with Gasteiger partial charge in [-0.15, -0.1) is 0 Å². The molecule has 2 aliphatic rings. The molecule has 1 aromatic rings. The number of nitrogens with zero attached hydrogens (tertiary/aromatic N) is 2. The molecule has 1 aliphatic heterocycles. The highest BCUT2D eigenvalue weighted by molar-refractivity contribution is 7.89. The first kappa shape index (κ1) is 15.7. The highest BCUT2D eigenvalue weighted by Gasteiger charge is 2.28. The molecule has 22 heavy (non-hydrogen) atoms. The largest absolute Gasteiger partial charge is 0.381 e. The molecular formula is C15H23N3O3S. The first-order valence-electron chi connectivity index (χ1n) is 7.85. The first-order chi connectivity index (χ1) is 10.6. The fourth-order valence-electron chi connectivity index (χ4n) is 3.19. The van der Waals surface area contributed by atoms with E-state index in [0.717, 1.165) is 37.9 Å². The van der Waals surface area contributed by atoms with Gasteiger partial charge >= 0.3 is 0 Å². The minimum absolute atomic E-state index is 0.279. The summed E-state index contributed by atoms with van der Waals surface area (Å²) in [5.74, 6) is 0.724. The molecular weight excluding hydrogens is 302 g/mol. The summed E-state index contributed by atoms with van der Waals surface area (Å²) in [6, 6.07) is 3.74. The summed E-state index contributed by atoms with van der Waals surface area (Å²) in [6.45, 7) is 1.23. The lowest BCUT2D eigenvalue weighted by molar-refractivity contribution is 0.108. The van der Waals surface area contributed by atoms with E-state index < -0.39 is 10.0 Å². The lowest BCUT2D eigenvalue weighted by atomic mass is 10.2. The van der Waals surface area contributed by atoms with Crippen molar-refractivity contribution in [1.29, 1.82) is 0 Å². The van der Waals surface area contributed by atoms with Crippen LogP contribution in [0, 0.1) is 0 Å². The molecule has 122 valence electrons. The van der Waals surface area contributed by atoms with Crippen LogP contribution in [0.3, 0.4) is 0 Å². The van der Waals surface area contributed by atoms with E-state index in [-0.39, 0.29) is 4.90 Å². The predicted molar refractivity (Wildman–Crippen MR) is 84.3 cm³/mol. The summed E-state index contributed by atoms with van der Waals surface area (Å²) in [4.78, 5) is 4.55. The number of ether oxygens (including phenoxy) is 1. The maximum absolute atomic E-state index is 12.4. The second-order valence-corrected chi connectivity index (χ2v) is 7.94. The summed E-state index contributed by atoms with van der Waals surface area (Å²) >= 11 is 0. The van der Waals surface area contributed by atoms with E-state index in [1.165, 1.54) is 10.5 Å². The monoisotopic (exact) mass is 325 g/mol. The molecule has 2 heterocycles. The molecule has 7 heteroatoms. The summed E-state index contributed by atoms with van der Waals surface area (Å²) in [5.41, 5.74) is 0. The van der Waals surface area contributed by atoms with E-state index >= 15 is 0 Å². The highest BCUT2D eigenvalue weighted by atomic mass is 32.2. The maximum atomic E-state index is 12.4. The Labute approximate surface area is 131 Å². The van der Waals surface area contributed by atoms with Crippen LogP contribution in [-0.2, 0) is 14.8 Å². The molecule has 3 rings (SSSR count). The van der Waals surface area contributed by atoms with Crippen molar-refractivity contribution in [3.05, 3.63) is 18.3 Å². The second kappa shape index (κ2) is 6.52. The molecule has 2 fully saturated rings. The van der Waals surface area contributed by atoms with Gasteiger partial charge in [0, 0.05) is 32.4 Å². The zero-order chi connectivity index (χ0) is 15.6. The summed E-state index contributed by atoms with van der Waals surface area (Å²) in [5, 5.41) is 3.35. The van der Waals surface area contributed by atoms with Crippen LogP contribution in [0.1, 0.15) is 32.1 Å². The van der Waals surface area contributed by atoms with Crippen LogP contribution >= 0.6 is 0 Å². The molecule has 0 amide bonds. The van der Waals surface area contributed by atoms with Crippen molar-refractivity contribution in [3.8, 4) is 0 Å². The zero-order valence-corrected chi connectivity index (χ0v) is 13.7. The molecule has 2 atom stereocenters. The minimum atomic E-state index is -3.37. The van der Waals surface area contributed by atoms with Crippen molar-refractivity contribution in [1.82, 2.24) is 9.29 Å². The van der Waals surface area contributed by atoms with Gasteiger partial charge in [-0.2, -0.15) is 4.31 Å². The standard InChI is InChI=1S/C15H23N3O3S/c1-21-13-5-4-12(10-13)17-15-7-6-14(11-16-15)22(19,20)18-8-2-3-9-18/h6-7,11-13H,2-5,8-10H2,1H3,(H,16,17). The van der Waals surface area contributed by atoms with E-state index in [9.17, 15) is 8.42 Å². The van der Waals surface area contributed by atoms with Crippen molar-refractivity contribution in [2.75, 3.05) is 25.5 Å². The van der Waals surface area contributed by atoms with Gasteiger partial charge < -0.3 is 10.1 Å². The van der Waals surface area contributed by atoms with E-state index in [0.29, 0.717) is 25.2 Å². The van der Waals surface area contributed by atoms with Crippen LogP contribution in [0.5, 0.6) is 0 Å². The number of hydrogen-bond acceptors (Lipinski definition) is 5. The quantitative estimate of drug-likeness (QED) is 0.894. The van der Waals surface area contributed by atoms with Gasteiger partial charge in [0.2, 0.25) is 10.0 Å². The number of sulfonamides is 1. The third kappa shape index (κ3) is 3.26. The topological polar surface area (TPSA) is 71.5 Å². The summed E-state index contributed by atoms with van der Waals surface area (Å²) < 4.78 is 31.7. The van der Waals surface area contributed by atoms with E-state index in [4.69, 9.17) is 4.74 Å². The molecule has 1 saturated heterocycles. The van der Waals surface area contributed by atoms with Crippen molar-refractivity contribution >= 4 is 15.8 Å². The lowest BCUT2D eigenvalue weighted by Gasteiger charge is -2.16. The first-order valence-corrected chi connectivity index (χ1v) is 9.29. The Kier molecular flexibility index (Phi) is 4.65. The third-order valence-corrected chi connectivity index (χ3v) is 6.39. The van der Waals surface area contributed by atoms with Crippen LogP contribution in [0.4, 0.5) is 5.82 Å². The van der Waals surface area contributed by atoms with Gasteiger partial charge in [0.1, 0.15) is 10.7 Å². The zero-order valence-electron chi connectivity index (χ0n) is 12.9. The number of methoxy groups -OCH3 is 1. The van der Waals surface area contributed by atoms with Gasteiger partial charge in [-0.05, 0) is 44.2 Å². The van der Waals surface area contributed by atoms with Crippen LogP contribution in [0.15, 0.2) is 23.2 Å². The van der Waals surface area contributed by atoms with Crippen LogP contribution in [0.2, 0.25) is 0 Å². The second-order valence-electron chi connectivity index (χ2n) is 6.00. The van der Waals surface area contributed by atoms with Crippen molar-refractivity contribution in [2.24, 2.45) is 0 Å². The van der Waals surface area contributed by atoms with Gasteiger partial charge in [0.05, 0.1) is 6.10 Å².